The van der Waals surface area contributed by atoms with E-state index >= 15 is 0 Å². The first-order valence-electron chi connectivity index (χ1n) is 11.8. The van der Waals surface area contributed by atoms with E-state index in [0.717, 1.165) is 28.9 Å². The third-order valence-corrected chi connectivity index (χ3v) is 5.97. The van der Waals surface area contributed by atoms with Gasteiger partial charge in [0, 0.05) is 23.4 Å². The Bertz CT molecular complexity index is 515. The number of unbranched alkanes of at least 4 members (excludes halogenated alkanes) is 14. The van der Waals surface area contributed by atoms with Crippen LogP contribution in [0, 0.1) is 20.8 Å². The Labute approximate surface area is 168 Å². The van der Waals surface area contributed by atoms with E-state index in [1.165, 1.54) is 89.9 Å². The smallest absolute Gasteiger partial charge is 0.164 e. The molecule has 0 spiro atoms. The largest absolute Gasteiger partial charge is 0.362 e. The zero-order valence-electron chi connectivity index (χ0n) is 18.7. The highest BCUT2D eigenvalue weighted by atomic mass is 16.1. The van der Waals surface area contributed by atoms with Gasteiger partial charge in [-0.1, -0.05) is 96.8 Å². The average molecular weight is 376 g/mol. The lowest BCUT2D eigenvalue weighted by Crippen LogP contribution is -2.01. The van der Waals surface area contributed by atoms with Gasteiger partial charge in [0.1, 0.15) is 0 Å². The molecule has 1 aromatic heterocycles. The van der Waals surface area contributed by atoms with Gasteiger partial charge < -0.3 is 4.98 Å². The first-order chi connectivity index (χ1) is 13.1. The van der Waals surface area contributed by atoms with Gasteiger partial charge in [-0.25, -0.2) is 0 Å². The van der Waals surface area contributed by atoms with E-state index < -0.39 is 0 Å². The Kier molecular flexibility index (Phi) is 13.3. The predicted molar refractivity (Wildman–Crippen MR) is 119 cm³/mol. The average Bonchev–Trinajstić information content (AvgIpc) is 2.90. The monoisotopic (exact) mass is 375 g/mol. The first-order valence-corrected chi connectivity index (χ1v) is 11.8. The van der Waals surface area contributed by atoms with Gasteiger partial charge in [0.05, 0.1) is 0 Å². The number of aromatic amines is 1. The van der Waals surface area contributed by atoms with E-state index in [2.05, 4.69) is 18.8 Å². The van der Waals surface area contributed by atoms with Crippen LogP contribution in [0.2, 0.25) is 0 Å². The molecule has 0 unspecified atom stereocenters. The standard InChI is InChI=1S/C25H45NO/c1-5-6-7-8-9-10-11-12-13-14-15-16-17-18-19-20-24(27)25-21(2)22(3)26-23(25)4/h26H,5-20H2,1-4H3. The molecule has 0 amide bonds. The highest BCUT2D eigenvalue weighted by molar-refractivity contribution is 5.98. The summed E-state index contributed by atoms with van der Waals surface area (Å²) in [5.41, 5.74) is 4.25. The molecule has 0 bridgehead atoms. The van der Waals surface area contributed by atoms with E-state index in [1.807, 2.05) is 13.8 Å². The molecule has 1 heterocycles. The maximum atomic E-state index is 12.4. The number of hydrogen-bond acceptors (Lipinski definition) is 1. The number of hydrogen-bond donors (Lipinski definition) is 1. The van der Waals surface area contributed by atoms with Gasteiger partial charge in [0.25, 0.3) is 0 Å². The van der Waals surface area contributed by atoms with Crippen molar-refractivity contribution in [3.8, 4) is 0 Å². The highest BCUT2D eigenvalue weighted by Crippen LogP contribution is 2.20. The number of H-pyrrole nitrogens is 1. The maximum Gasteiger partial charge on any atom is 0.164 e. The van der Waals surface area contributed by atoms with Crippen LogP contribution in [0.15, 0.2) is 0 Å². The Balaban J connectivity index is 1.90. The molecule has 0 fully saturated rings. The van der Waals surface area contributed by atoms with Crippen molar-refractivity contribution < 1.29 is 4.79 Å². The normalized spacial score (nSPS) is 11.3. The lowest BCUT2D eigenvalue weighted by atomic mass is 10.00. The van der Waals surface area contributed by atoms with Crippen molar-refractivity contribution >= 4 is 5.78 Å². The summed E-state index contributed by atoms with van der Waals surface area (Å²) in [6.07, 6.45) is 21.2. The Hall–Kier alpha value is -1.05. The van der Waals surface area contributed by atoms with E-state index in [-0.39, 0.29) is 0 Å². The van der Waals surface area contributed by atoms with Crippen LogP contribution in [0.4, 0.5) is 0 Å². The summed E-state index contributed by atoms with van der Waals surface area (Å²) in [6.45, 7) is 8.40. The predicted octanol–water partition coefficient (Wildman–Crippen LogP) is 8.38. The number of rotatable bonds is 17. The van der Waals surface area contributed by atoms with Crippen LogP contribution in [0.5, 0.6) is 0 Å². The van der Waals surface area contributed by atoms with Crippen molar-refractivity contribution in [2.75, 3.05) is 0 Å². The maximum absolute atomic E-state index is 12.4. The fourth-order valence-corrected chi connectivity index (χ4v) is 4.11. The molecule has 0 atom stereocenters. The molecule has 0 saturated carbocycles. The van der Waals surface area contributed by atoms with Crippen molar-refractivity contribution in [2.24, 2.45) is 0 Å². The molecule has 1 N–H and O–H groups in total. The third kappa shape index (κ3) is 10.2. The molecule has 1 aromatic rings. The fraction of sp³-hybridized carbons (Fsp3) is 0.800. The summed E-state index contributed by atoms with van der Waals surface area (Å²) < 4.78 is 0. The summed E-state index contributed by atoms with van der Waals surface area (Å²) in [5, 5.41) is 0. The zero-order valence-corrected chi connectivity index (χ0v) is 18.7. The van der Waals surface area contributed by atoms with Gasteiger partial charge in [0.15, 0.2) is 5.78 Å². The Morgan fingerprint density at radius 1 is 0.630 bits per heavy atom. The van der Waals surface area contributed by atoms with Gasteiger partial charge in [-0.05, 0) is 32.8 Å². The molecule has 0 aliphatic carbocycles. The number of aryl methyl sites for hydroxylation is 2. The number of Topliss-reactive ketones (excluding diaryl/α,β-unsaturated/α-hetero) is 1. The summed E-state index contributed by atoms with van der Waals surface area (Å²) in [5.74, 6) is 0.323. The van der Waals surface area contributed by atoms with Gasteiger partial charge >= 0.3 is 0 Å². The second-order valence-electron chi connectivity index (χ2n) is 8.50. The molecule has 156 valence electrons. The summed E-state index contributed by atoms with van der Waals surface area (Å²) in [4.78, 5) is 15.7. The van der Waals surface area contributed by atoms with Crippen LogP contribution >= 0.6 is 0 Å². The molecule has 27 heavy (non-hydrogen) atoms. The fourth-order valence-electron chi connectivity index (χ4n) is 4.11. The molecule has 0 aromatic carbocycles. The highest BCUT2D eigenvalue weighted by Gasteiger charge is 2.15. The molecular formula is C25H45NO. The van der Waals surface area contributed by atoms with Crippen molar-refractivity contribution in [1.82, 2.24) is 4.98 Å². The first kappa shape index (κ1) is 24.0. The van der Waals surface area contributed by atoms with Crippen molar-refractivity contribution in [1.29, 1.82) is 0 Å². The number of aromatic nitrogens is 1. The van der Waals surface area contributed by atoms with Gasteiger partial charge in [-0.2, -0.15) is 0 Å². The minimum absolute atomic E-state index is 0.323. The van der Waals surface area contributed by atoms with Crippen molar-refractivity contribution in [3.63, 3.8) is 0 Å². The lowest BCUT2D eigenvalue weighted by molar-refractivity contribution is 0.0978. The van der Waals surface area contributed by atoms with Crippen LogP contribution in [-0.2, 0) is 0 Å². The van der Waals surface area contributed by atoms with Gasteiger partial charge in [-0.3, -0.25) is 4.79 Å². The SMILES string of the molecule is CCCCCCCCCCCCCCCCCC(=O)c1c(C)[nH]c(C)c1C. The Morgan fingerprint density at radius 3 is 1.41 bits per heavy atom. The summed E-state index contributed by atoms with van der Waals surface area (Å²) in [7, 11) is 0. The van der Waals surface area contributed by atoms with Gasteiger partial charge in [-0.15, -0.1) is 0 Å². The second-order valence-corrected chi connectivity index (χ2v) is 8.50. The molecular weight excluding hydrogens is 330 g/mol. The molecule has 1 rings (SSSR count). The molecule has 0 aliphatic rings. The second kappa shape index (κ2) is 14.9. The number of ketones is 1. The van der Waals surface area contributed by atoms with Crippen LogP contribution in [0.25, 0.3) is 0 Å². The topological polar surface area (TPSA) is 32.9 Å². The van der Waals surface area contributed by atoms with E-state index in [4.69, 9.17) is 0 Å². The van der Waals surface area contributed by atoms with Crippen LogP contribution in [0.3, 0.4) is 0 Å². The third-order valence-electron chi connectivity index (χ3n) is 5.97. The zero-order chi connectivity index (χ0) is 19.9. The Morgan fingerprint density at radius 2 is 1.04 bits per heavy atom. The van der Waals surface area contributed by atoms with E-state index in [1.54, 1.807) is 0 Å². The van der Waals surface area contributed by atoms with Crippen LogP contribution < -0.4 is 0 Å². The quantitative estimate of drug-likeness (QED) is 0.215. The van der Waals surface area contributed by atoms with Crippen LogP contribution in [-0.4, -0.2) is 10.8 Å². The minimum atomic E-state index is 0.323. The van der Waals surface area contributed by atoms with Gasteiger partial charge in [0.2, 0.25) is 0 Å². The summed E-state index contributed by atoms with van der Waals surface area (Å²) in [6, 6.07) is 0. The van der Waals surface area contributed by atoms with Crippen LogP contribution in [0.1, 0.15) is 137 Å². The molecule has 2 nitrogen and oxygen atoms in total. The molecule has 2 heteroatoms. The molecule has 0 aliphatic heterocycles. The number of carbonyl (C=O) groups excluding carboxylic acids is 1. The summed E-state index contributed by atoms with van der Waals surface area (Å²) >= 11 is 0. The number of carbonyl (C=O) groups is 1. The number of nitrogens with one attached hydrogen (secondary N) is 1. The minimum Gasteiger partial charge on any atom is -0.362 e. The van der Waals surface area contributed by atoms with E-state index in [0.29, 0.717) is 12.2 Å². The van der Waals surface area contributed by atoms with Crippen molar-refractivity contribution in [2.45, 2.75) is 130 Å². The van der Waals surface area contributed by atoms with E-state index in [9.17, 15) is 4.79 Å². The lowest BCUT2D eigenvalue weighted by Gasteiger charge is -2.04. The molecule has 0 radical (unpaired) electrons. The van der Waals surface area contributed by atoms with Crippen molar-refractivity contribution in [3.05, 3.63) is 22.5 Å². The molecule has 0 saturated heterocycles.